The molecule has 1 heterocycles. The number of aliphatic imine (C=N–C) groups is 1. The van der Waals surface area contributed by atoms with Crippen molar-refractivity contribution in [3.05, 3.63) is 35.8 Å². The van der Waals surface area contributed by atoms with Crippen LogP contribution >= 0.6 is 0 Å². The molecule has 0 fully saturated rings. The molecule has 0 saturated carbocycles. The van der Waals surface area contributed by atoms with Gasteiger partial charge in [-0.3, -0.25) is 0 Å². The third-order valence-electron chi connectivity index (χ3n) is 1.61. The second-order valence-corrected chi connectivity index (χ2v) is 2.83. The summed E-state index contributed by atoms with van der Waals surface area (Å²) in [5.41, 5.74) is 9.74. The minimum Gasteiger partial charge on any atom is -0.403 e. The van der Waals surface area contributed by atoms with E-state index in [2.05, 4.69) is 9.98 Å². The van der Waals surface area contributed by atoms with Gasteiger partial charge in [0.1, 0.15) is 0 Å². The van der Waals surface area contributed by atoms with Gasteiger partial charge in [-0.25, -0.2) is 9.98 Å². The van der Waals surface area contributed by atoms with Gasteiger partial charge in [-0.15, -0.1) is 0 Å². The van der Waals surface area contributed by atoms with Crippen LogP contribution in [0.3, 0.4) is 0 Å². The molecular weight excluding hydrogens is 221 g/mol. The monoisotopic (exact) mass is 230 g/mol. The predicted octanol–water partition coefficient (Wildman–Crippen LogP) is 1.56. The van der Waals surface area contributed by atoms with Crippen LogP contribution in [0.25, 0.3) is 0 Å². The maximum Gasteiger partial charge on any atom is 0.417 e. The van der Waals surface area contributed by atoms with E-state index in [4.69, 9.17) is 11.5 Å². The molecule has 86 valence electrons. The molecule has 7 heteroatoms. The normalized spacial score (nSPS) is 13.3. The molecule has 0 spiro atoms. The number of rotatable bonds is 2. The molecular formula is C9H9F3N4. The fourth-order valence-electron chi connectivity index (χ4n) is 0.814. The Morgan fingerprint density at radius 1 is 1.38 bits per heavy atom. The average Bonchev–Trinajstić information content (AvgIpc) is 2.25. The number of alkyl halides is 3. The molecule has 0 saturated heterocycles. The summed E-state index contributed by atoms with van der Waals surface area (Å²) in [6.45, 7) is 0. The van der Waals surface area contributed by atoms with Crippen LogP contribution in [0.4, 0.5) is 19.0 Å². The van der Waals surface area contributed by atoms with Crippen LogP contribution in [0.5, 0.6) is 0 Å². The topological polar surface area (TPSA) is 77.3 Å². The number of nitrogens with two attached hydrogens (primary N) is 2. The van der Waals surface area contributed by atoms with Gasteiger partial charge in [0.15, 0.2) is 5.82 Å². The van der Waals surface area contributed by atoms with Gasteiger partial charge in [0.05, 0.1) is 17.5 Å². The SMILES string of the molecule is N/C=C(/N)C=Nc1ccc(C(F)(F)F)cn1. The molecule has 0 amide bonds. The fraction of sp³-hybridized carbons (Fsp3) is 0.111. The minimum absolute atomic E-state index is 0.123. The van der Waals surface area contributed by atoms with Crippen molar-refractivity contribution < 1.29 is 13.2 Å². The van der Waals surface area contributed by atoms with Crippen molar-refractivity contribution in [1.82, 2.24) is 4.98 Å². The molecule has 1 aromatic heterocycles. The van der Waals surface area contributed by atoms with Crippen LogP contribution in [0, 0.1) is 0 Å². The standard InChI is InChI=1S/C9H9F3N4/c10-9(11,12)6-1-2-8(15-4-6)16-5-7(14)3-13/h1-5H,13-14H2/b7-3+,16-5?. The predicted molar refractivity (Wildman–Crippen MR) is 53.8 cm³/mol. The van der Waals surface area contributed by atoms with Crippen molar-refractivity contribution in [3.8, 4) is 0 Å². The molecule has 0 aliphatic heterocycles. The van der Waals surface area contributed by atoms with Crippen molar-refractivity contribution in [1.29, 1.82) is 0 Å². The van der Waals surface area contributed by atoms with Gasteiger partial charge in [-0.1, -0.05) is 0 Å². The summed E-state index contributed by atoms with van der Waals surface area (Å²) in [6, 6.07) is 2.03. The highest BCUT2D eigenvalue weighted by atomic mass is 19.4. The summed E-state index contributed by atoms with van der Waals surface area (Å²) >= 11 is 0. The van der Waals surface area contributed by atoms with Gasteiger partial charge in [-0.05, 0) is 12.1 Å². The smallest absolute Gasteiger partial charge is 0.403 e. The summed E-state index contributed by atoms with van der Waals surface area (Å²) in [6.07, 6.45) is -1.37. The van der Waals surface area contributed by atoms with Crippen LogP contribution in [0.1, 0.15) is 5.56 Å². The number of pyridine rings is 1. The average molecular weight is 230 g/mol. The Hall–Kier alpha value is -2.05. The first-order valence-electron chi connectivity index (χ1n) is 4.18. The Kier molecular flexibility index (Phi) is 3.49. The third kappa shape index (κ3) is 3.26. The van der Waals surface area contributed by atoms with E-state index in [9.17, 15) is 13.2 Å². The van der Waals surface area contributed by atoms with Crippen molar-refractivity contribution in [2.45, 2.75) is 6.18 Å². The zero-order valence-corrected chi connectivity index (χ0v) is 8.07. The molecule has 0 aliphatic carbocycles. The number of hydrogen-bond acceptors (Lipinski definition) is 4. The Morgan fingerprint density at radius 2 is 2.06 bits per heavy atom. The van der Waals surface area contributed by atoms with Gasteiger partial charge in [0, 0.05) is 12.4 Å². The largest absolute Gasteiger partial charge is 0.417 e. The van der Waals surface area contributed by atoms with Crippen LogP contribution in [-0.4, -0.2) is 11.2 Å². The van der Waals surface area contributed by atoms with Crippen molar-refractivity contribution in [3.63, 3.8) is 0 Å². The first-order valence-corrected chi connectivity index (χ1v) is 4.18. The molecule has 4 nitrogen and oxygen atoms in total. The van der Waals surface area contributed by atoms with E-state index in [1.807, 2.05) is 0 Å². The van der Waals surface area contributed by atoms with E-state index < -0.39 is 11.7 Å². The van der Waals surface area contributed by atoms with Gasteiger partial charge in [0.2, 0.25) is 0 Å². The zero-order valence-electron chi connectivity index (χ0n) is 8.07. The molecule has 16 heavy (non-hydrogen) atoms. The highest BCUT2D eigenvalue weighted by Gasteiger charge is 2.30. The van der Waals surface area contributed by atoms with Crippen molar-refractivity contribution in [2.24, 2.45) is 16.5 Å². The minimum atomic E-state index is -4.40. The lowest BCUT2D eigenvalue weighted by atomic mass is 10.3. The number of nitrogens with zero attached hydrogens (tertiary/aromatic N) is 2. The highest BCUT2D eigenvalue weighted by Crippen LogP contribution is 2.29. The van der Waals surface area contributed by atoms with E-state index in [1.54, 1.807) is 0 Å². The van der Waals surface area contributed by atoms with E-state index in [0.717, 1.165) is 18.3 Å². The fourth-order valence-corrected chi connectivity index (χ4v) is 0.814. The third-order valence-corrected chi connectivity index (χ3v) is 1.61. The molecule has 0 radical (unpaired) electrons. The molecule has 0 aliphatic rings. The zero-order chi connectivity index (χ0) is 12.2. The van der Waals surface area contributed by atoms with Gasteiger partial charge >= 0.3 is 6.18 Å². The van der Waals surface area contributed by atoms with Crippen molar-refractivity contribution in [2.75, 3.05) is 0 Å². The lowest BCUT2D eigenvalue weighted by molar-refractivity contribution is -0.137. The molecule has 1 rings (SSSR count). The van der Waals surface area contributed by atoms with Crippen molar-refractivity contribution >= 4 is 12.0 Å². The molecule has 0 atom stereocenters. The quantitative estimate of drug-likeness (QED) is 0.757. The van der Waals surface area contributed by atoms with E-state index in [1.165, 1.54) is 6.21 Å². The summed E-state index contributed by atoms with van der Waals surface area (Å²) in [5.74, 6) is 0.123. The summed E-state index contributed by atoms with van der Waals surface area (Å²) in [5, 5.41) is 0. The summed E-state index contributed by atoms with van der Waals surface area (Å²) < 4.78 is 36.5. The molecule has 0 aromatic carbocycles. The van der Waals surface area contributed by atoms with Gasteiger partial charge < -0.3 is 11.5 Å². The van der Waals surface area contributed by atoms with Crippen LogP contribution in [0.2, 0.25) is 0 Å². The lowest BCUT2D eigenvalue weighted by Crippen LogP contribution is -2.04. The number of halogens is 3. The number of hydrogen-bond donors (Lipinski definition) is 2. The lowest BCUT2D eigenvalue weighted by Gasteiger charge is -2.04. The Morgan fingerprint density at radius 3 is 2.50 bits per heavy atom. The first-order chi connectivity index (χ1) is 7.43. The number of allylic oxidation sites excluding steroid dienone is 1. The first kappa shape index (κ1) is 12.0. The Bertz CT molecular complexity index is 406. The second kappa shape index (κ2) is 4.65. The second-order valence-electron chi connectivity index (χ2n) is 2.83. The Labute approximate surface area is 89.5 Å². The van der Waals surface area contributed by atoms with Gasteiger partial charge in [0.25, 0.3) is 0 Å². The summed E-state index contributed by atoms with van der Waals surface area (Å²) in [7, 11) is 0. The Balaban J connectivity index is 2.84. The van der Waals surface area contributed by atoms with Gasteiger partial charge in [-0.2, -0.15) is 13.2 Å². The highest BCUT2D eigenvalue weighted by molar-refractivity contribution is 5.79. The molecule has 0 bridgehead atoms. The molecule has 1 aromatic rings. The molecule has 4 N–H and O–H groups in total. The molecule has 0 unspecified atom stereocenters. The van der Waals surface area contributed by atoms with E-state index in [0.29, 0.717) is 6.20 Å². The van der Waals surface area contributed by atoms with Crippen LogP contribution in [0.15, 0.2) is 35.2 Å². The summed E-state index contributed by atoms with van der Waals surface area (Å²) in [4.78, 5) is 7.23. The van der Waals surface area contributed by atoms with E-state index in [-0.39, 0.29) is 11.5 Å². The van der Waals surface area contributed by atoms with Crippen LogP contribution < -0.4 is 11.5 Å². The number of aromatic nitrogens is 1. The maximum absolute atomic E-state index is 12.2. The van der Waals surface area contributed by atoms with E-state index >= 15 is 0 Å². The van der Waals surface area contributed by atoms with Crippen LogP contribution in [-0.2, 0) is 6.18 Å². The maximum atomic E-state index is 12.2.